The summed E-state index contributed by atoms with van der Waals surface area (Å²) in [5, 5.41) is 8.54. The Balaban J connectivity index is 3.50. The monoisotopic (exact) mass is 665 g/mol. The summed E-state index contributed by atoms with van der Waals surface area (Å²) < 4.78 is 284. The summed E-state index contributed by atoms with van der Waals surface area (Å²) in [5.74, 6) is -77.8. The zero-order chi connectivity index (χ0) is 33.8. The second-order valence-electron chi connectivity index (χ2n) is 8.03. The highest BCUT2D eigenvalue weighted by atomic mass is 19.4. The van der Waals surface area contributed by atoms with Gasteiger partial charge in [0.2, 0.25) is 0 Å². The summed E-state index contributed by atoms with van der Waals surface area (Å²) in [5.41, 5.74) is -0.121. The molecule has 1 aromatic rings. The summed E-state index contributed by atoms with van der Waals surface area (Å²) in [4.78, 5) is 0. The molecule has 0 N–H and O–H groups in total. The number of ether oxygens (including phenoxy) is 1. The van der Waals surface area contributed by atoms with Crippen LogP contribution in [-0.2, 0) is 0 Å². The third-order valence-corrected chi connectivity index (χ3v) is 5.24. The Morgan fingerprint density at radius 2 is 0.786 bits per heavy atom. The lowest BCUT2D eigenvalue weighted by Crippen LogP contribution is -2.76. The molecular weight excluding hydrogens is 657 g/mol. The molecule has 0 aliphatic rings. The minimum atomic E-state index is -9.20. The van der Waals surface area contributed by atoms with E-state index < -0.39 is 78.3 Å². The molecule has 0 amide bonds. The van der Waals surface area contributed by atoms with Gasteiger partial charge in [0.05, 0.1) is 24.7 Å². The normalized spacial score (nSPS) is 15.4. The van der Waals surface area contributed by atoms with Gasteiger partial charge in [0.15, 0.2) is 0 Å². The molecule has 242 valence electrons. The van der Waals surface area contributed by atoms with Crippen molar-refractivity contribution >= 4 is 0 Å². The van der Waals surface area contributed by atoms with E-state index in [2.05, 4.69) is 4.74 Å². The van der Waals surface area contributed by atoms with Gasteiger partial charge < -0.3 is 4.74 Å². The molecule has 0 saturated heterocycles. The highest BCUT2D eigenvalue weighted by Crippen LogP contribution is 2.66. The first-order valence-electron chi connectivity index (χ1n) is 9.86. The molecule has 0 heterocycles. The van der Waals surface area contributed by atoms with E-state index in [9.17, 15) is 92.2 Å². The predicted octanol–water partition coefficient (Wildman–Crippen LogP) is 8.61. The summed E-state index contributed by atoms with van der Waals surface area (Å²) in [6.07, 6.45) is -10.9. The van der Waals surface area contributed by atoms with Gasteiger partial charge in [0.25, 0.3) is 0 Å². The first-order chi connectivity index (χ1) is 18.3. The zero-order valence-electron chi connectivity index (χ0n) is 19.0. The van der Waals surface area contributed by atoms with Crippen LogP contribution >= 0.6 is 0 Å². The topological polar surface area (TPSA) is 33.0 Å². The van der Waals surface area contributed by atoms with Crippen LogP contribution in [0.15, 0.2) is 24.3 Å². The maximum absolute atomic E-state index is 13.8. The first kappa shape index (κ1) is 37.1. The number of rotatable bonds is 12. The van der Waals surface area contributed by atoms with Crippen LogP contribution < -0.4 is 4.74 Å². The van der Waals surface area contributed by atoms with Crippen LogP contribution in [0.4, 0.5) is 92.2 Å². The van der Waals surface area contributed by atoms with Crippen molar-refractivity contribution in [3.05, 3.63) is 29.8 Å². The fraction of sp³-hybridized carbons (Fsp3) is 0.632. The average Bonchev–Trinajstić information content (AvgIpc) is 2.82. The Morgan fingerprint density at radius 1 is 0.476 bits per heavy atom. The third-order valence-electron chi connectivity index (χ3n) is 5.24. The van der Waals surface area contributed by atoms with E-state index in [1.807, 2.05) is 0 Å². The van der Waals surface area contributed by atoms with E-state index in [1.54, 1.807) is 0 Å². The molecular formula is C19H8F21NO. The molecule has 1 rings (SSSR count). The number of halogens is 21. The molecule has 0 aliphatic carbocycles. The van der Waals surface area contributed by atoms with Crippen LogP contribution in [0, 0.1) is 11.3 Å². The van der Waals surface area contributed by atoms with Crippen molar-refractivity contribution in [3.63, 3.8) is 0 Å². The van der Waals surface area contributed by atoms with E-state index >= 15 is 0 Å². The van der Waals surface area contributed by atoms with Crippen LogP contribution in [0.3, 0.4) is 0 Å². The third kappa shape index (κ3) is 5.11. The lowest BCUT2D eigenvalue weighted by Gasteiger charge is -2.44. The second-order valence-corrected chi connectivity index (χ2v) is 8.03. The van der Waals surface area contributed by atoms with Gasteiger partial charge in [-0.2, -0.15) is 97.5 Å². The van der Waals surface area contributed by atoms with Crippen molar-refractivity contribution in [2.45, 2.75) is 65.9 Å². The smallest absolute Gasteiger partial charge is 0.460 e. The average molecular weight is 665 g/mol. The standard InChI is InChI=1S/C19H8F21NO/c20-10(21,5-6-42-9-3-1-8(7-41)2-4-9)11(22,23)12(24,25)13(26,27)14(28,29)15(30,31)16(32,33)17(34,35)18(36,37)19(38,39)40/h1-4H,5-6H2. The number of nitriles is 1. The Hall–Kier alpha value is -2.96. The summed E-state index contributed by atoms with van der Waals surface area (Å²) >= 11 is 0. The zero-order valence-corrected chi connectivity index (χ0v) is 19.0. The minimum absolute atomic E-state index is 0.121. The molecule has 0 fully saturated rings. The van der Waals surface area contributed by atoms with Crippen molar-refractivity contribution in [2.24, 2.45) is 0 Å². The van der Waals surface area contributed by atoms with E-state index in [-0.39, 0.29) is 5.56 Å². The molecule has 0 radical (unpaired) electrons. The maximum Gasteiger partial charge on any atom is 0.460 e. The number of hydrogen-bond acceptors (Lipinski definition) is 2. The molecule has 0 unspecified atom stereocenters. The Morgan fingerprint density at radius 3 is 1.10 bits per heavy atom. The SMILES string of the molecule is N#Cc1ccc(OCCC(F)(F)C(F)(F)C(F)(F)C(F)(F)C(F)(F)C(F)(F)C(F)(F)C(F)(F)C(F)(F)C(F)(F)F)cc1. The van der Waals surface area contributed by atoms with E-state index in [0.717, 1.165) is 24.3 Å². The van der Waals surface area contributed by atoms with Crippen LogP contribution in [0.1, 0.15) is 12.0 Å². The van der Waals surface area contributed by atoms with Crippen LogP contribution in [0.25, 0.3) is 0 Å². The Bertz CT molecular complexity index is 1150. The fourth-order valence-corrected chi connectivity index (χ4v) is 2.67. The molecule has 1 aromatic carbocycles. The van der Waals surface area contributed by atoms with Crippen molar-refractivity contribution in [2.75, 3.05) is 6.61 Å². The lowest BCUT2D eigenvalue weighted by molar-refractivity contribution is -0.474. The highest BCUT2D eigenvalue weighted by Gasteiger charge is 2.97. The van der Waals surface area contributed by atoms with Crippen LogP contribution in [0.2, 0.25) is 0 Å². The van der Waals surface area contributed by atoms with Crippen LogP contribution in [0.5, 0.6) is 5.75 Å². The molecule has 0 aromatic heterocycles. The quantitative estimate of drug-likeness (QED) is 0.210. The molecule has 0 bridgehead atoms. The van der Waals surface area contributed by atoms with Crippen molar-refractivity contribution in [1.82, 2.24) is 0 Å². The molecule has 0 aliphatic heterocycles. The summed E-state index contributed by atoms with van der Waals surface area (Å²) in [6.45, 7) is -1.90. The van der Waals surface area contributed by atoms with E-state index in [4.69, 9.17) is 5.26 Å². The van der Waals surface area contributed by atoms with Crippen LogP contribution in [-0.4, -0.2) is 66.1 Å². The fourth-order valence-electron chi connectivity index (χ4n) is 2.67. The van der Waals surface area contributed by atoms with Gasteiger partial charge in [0.1, 0.15) is 5.75 Å². The molecule has 0 saturated carbocycles. The van der Waals surface area contributed by atoms with E-state index in [0.29, 0.717) is 0 Å². The number of hydrogen-bond donors (Lipinski definition) is 0. The molecule has 42 heavy (non-hydrogen) atoms. The van der Waals surface area contributed by atoms with Crippen molar-refractivity contribution < 1.29 is 96.9 Å². The number of alkyl halides is 21. The van der Waals surface area contributed by atoms with Gasteiger partial charge in [-0.15, -0.1) is 0 Å². The highest BCUT2D eigenvalue weighted by molar-refractivity contribution is 5.34. The summed E-state index contributed by atoms with van der Waals surface area (Å²) in [7, 11) is 0. The van der Waals surface area contributed by atoms with Gasteiger partial charge in [0, 0.05) is 0 Å². The van der Waals surface area contributed by atoms with Crippen molar-refractivity contribution in [1.29, 1.82) is 5.26 Å². The minimum Gasteiger partial charge on any atom is -0.493 e. The van der Waals surface area contributed by atoms with Gasteiger partial charge in [-0.3, -0.25) is 0 Å². The lowest BCUT2D eigenvalue weighted by atomic mass is 9.86. The molecule has 2 nitrogen and oxygen atoms in total. The molecule has 23 heteroatoms. The Labute approximate surface area is 217 Å². The van der Waals surface area contributed by atoms with Gasteiger partial charge in [-0.1, -0.05) is 0 Å². The maximum atomic E-state index is 13.8. The van der Waals surface area contributed by atoms with E-state index in [1.165, 1.54) is 6.07 Å². The largest absolute Gasteiger partial charge is 0.493 e. The number of benzene rings is 1. The van der Waals surface area contributed by atoms with Gasteiger partial charge >= 0.3 is 59.5 Å². The Kier molecular flexibility index (Phi) is 9.13. The molecule has 0 atom stereocenters. The predicted molar refractivity (Wildman–Crippen MR) is 91.8 cm³/mol. The first-order valence-corrected chi connectivity index (χ1v) is 9.86. The number of nitrogens with zero attached hydrogens (tertiary/aromatic N) is 1. The second kappa shape index (κ2) is 10.3. The van der Waals surface area contributed by atoms with Gasteiger partial charge in [-0.25, -0.2) is 0 Å². The van der Waals surface area contributed by atoms with Gasteiger partial charge in [-0.05, 0) is 24.3 Å². The molecule has 0 spiro atoms. The summed E-state index contributed by atoms with van der Waals surface area (Å²) in [6, 6.07) is 4.83. The van der Waals surface area contributed by atoms with Crippen molar-refractivity contribution in [3.8, 4) is 11.8 Å².